The highest BCUT2D eigenvalue weighted by molar-refractivity contribution is 8.00. The van der Waals surface area contributed by atoms with Crippen LogP contribution in [0.4, 0.5) is 0 Å². The van der Waals surface area contributed by atoms with Crippen LogP contribution in [0.5, 0.6) is 5.75 Å². The molecule has 3 aliphatic heterocycles. The number of H-pyrrole nitrogens is 2. The van der Waals surface area contributed by atoms with Gasteiger partial charge in [-0.1, -0.05) is 102 Å². The number of nitrogens with zero attached hydrogens (tertiary/aromatic N) is 7. The summed E-state index contributed by atoms with van der Waals surface area (Å²) in [5.74, 6) is -17.3. The van der Waals surface area contributed by atoms with E-state index in [0.717, 1.165) is 36.9 Å². The van der Waals surface area contributed by atoms with Crippen LogP contribution >= 0.6 is 11.8 Å². The van der Waals surface area contributed by atoms with Crippen molar-refractivity contribution in [3.8, 4) is 5.75 Å². The van der Waals surface area contributed by atoms with Crippen molar-refractivity contribution in [2.24, 2.45) is 30.2 Å². The van der Waals surface area contributed by atoms with Gasteiger partial charge < -0.3 is 125 Å². The Kier molecular flexibility index (Phi) is 38.8. The lowest BCUT2D eigenvalue weighted by molar-refractivity contribution is -0.149. The zero-order valence-electron chi connectivity index (χ0n) is 77.0. The van der Waals surface area contributed by atoms with Crippen molar-refractivity contribution in [3.05, 3.63) is 120 Å². The second-order valence-corrected chi connectivity index (χ2v) is 35.9. The number of aromatic nitrogens is 4. The Morgan fingerprint density at radius 1 is 0.567 bits per heavy atom. The molecule has 134 heavy (non-hydrogen) atoms. The third-order valence-electron chi connectivity index (χ3n) is 24.3. The highest BCUT2D eigenvalue weighted by Crippen LogP contribution is 2.29. The summed E-state index contributed by atoms with van der Waals surface area (Å²) in [6.07, 6.45) is 4.18. The molecule has 3 aromatic heterocycles. The fraction of sp³-hybridized carbons (Fsp3) is 0.538. The van der Waals surface area contributed by atoms with Gasteiger partial charge >= 0.3 is 0 Å². The van der Waals surface area contributed by atoms with E-state index in [2.05, 4.69) is 68.1 Å². The zero-order valence-corrected chi connectivity index (χ0v) is 77.8. The maximum absolute atomic E-state index is 15.8. The van der Waals surface area contributed by atoms with Gasteiger partial charge in [-0.25, -0.2) is 4.98 Å². The number of imidazole rings is 1. The Morgan fingerprint density at radius 2 is 1.14 bits per heavy atom. The molecule has 6 aromatic rings. The fourth-order valence-corrected chi connectivity index (χ4v) is 17.7. The number of nitrogens with one attached hydrogen (secondary N) is 12. The summed E-state index contributed by atoms with van der Waals surface area (Å²) in [5.41, 5.74) is 20.3. The van der Waals surface area contributed by atoms with Crippen molar-refractivity contribution in [3.63, 3.8) is 0 Å². The number of aryl methyl sites for hydroxylation is 1. The molecule has 0 aliphatic carbocycles. The molecule has 3 aromatic carbocycles. The predicted octanol–water partition coefficient (Wildman–Crippen LogP) is -2.44. The number of primary amides is 2. The summed E-state index contributed by atoms with van der Waals surface area (Å²) in [4.78, 5) is 266. The molecule has 3 fully saturated rings. The number of hydrogen-bond donors (Lipinski definition) is 18. The minimum Gasteiger partial charge on any atom is -0.508 e. The van der Waals surface area contributed by atoms with Gasteiger partial charge in [0.15, 0.2) is 0 Å². The van der Waals surface area contributed by atoms with E-state index in [9.17, 15) is 58.5 Å². The number of para-hydroxylation sites is 2. The molecule has 3 saturated heterocycles. The van der Waals surface area contributed by atoms with Gasteiger partial charge in [-0.3, -0.25) is 81.5 Å². The third-order valence-corrected chi connectivity index (χ3v) is 25.4. The van der Waals surface area contributed by atoms with Crippen molar-refractivity contribution in [1.29, 1.82) is 0 Å². The number of hydrogen-bond acceptors (Lipinski definition) is 23. The van der Waals surface area contributed by atoms with Crippen LogP contribution in [-0.4, -0.2) is 316 Å². The molecule has 9 rings (SSSR count). The first kappa shape index (κ1) is 105. The van der Waals surface area contributed by atoms with Crippen LogP contribution in [0.3, 0.4) is 0 Å². The number of phenols is 1. The second kappa shape index (κ2) is 49.6. The number of aliphatic hydroxyl groups excluding tert-OH is 2. The molecule has 0 radical (unpaired) electrons. The first-order valence-corrected chi connectivity index (χ1v) is 46.4. The topological polar surface area (TPSA) is 615 Å². The van der Waals surface area contributed by atoms with E-state index < -0.39 is 229 Å². The average Bonchev–Trinajstić information content (AvgIpc) is 1.62. The van der Waals surface area contributed by atoms with Gasteiger partial charge in [0.25, 0.3) is 0 Å². The number of nitrogens with two attached hydrogens (primary N) is 3. The summed E-state index contributed by atoms with van der Waals surface area (Å²) in [6.45, 7) is 6.11. The van der Waals surface area contributed by atoms with Crippen molar-refractivity contribution in [2.75, 3.05) is 65.4 Å². The molecule has 728 valence electrons. The summed E-state index contributed by atoms with van der Waals surface area (Å²) in [5, 5.41) is 60.8. The molecule has 17 amide bonds. The number of aromatic amines is 2. The Labute approximate surface area is 780 Å². The fourth-order valence-electron chi connectivity index (χ4n) is 16.9. The zero-order chi connectivity index (χ0) is 97.9. The van der Waals surface area contributed by atoms with Crippen LogP contribution in [0.15, 0.2) is 97.7 Å². The molecule has 21 N–H and O–H groups in total. The normalized spacial score (nSPS) is 24.9. The highest BCUT2D eigenvalue weighted by atomic mass is 32.2. The highest BCUT2D eigenvalue weighted by Gasteiger charge is 2.47. The lowest BCUT2D eigenvalue weighted by atomic mass is 10.00. The number of rotatable bonds is 25. The van der Waals surface area contributed by atoms with E-state index in [-0.39, 0.29) is 102 Å². The van der Waals surface area contributed by atoms with E-state index in [1.807, 2.05) is 36.6 Å². The number of aromatic hydroxyl groups is 1. The van der Waals surface area contributed by atoms with E-state index in [4.69, 9.17) is 17.2 Å². The van der Waals surface area contributed by atoms with Crippen molar-refractivity contribution in [1.82, 2.24) is 97.2 Å². The molecule has 0 saturated carbocycles. The number of carbonyl (C=O) groups excluding carboxylic acids is 17. The molecule has 42 nitrogen and oxygen atoms in total. The van der Waals surface area contributed by atoms with Gasteiger partial charge in [0.2, 0.25) is 100 Å². The largest absolute Gasteiger partial charge is 0.508 e. The maximum atomic E-state index is 15.8. The van der Waals surface area contributed by atoms with Crippen LogP contribution in [0, 0.1) is 5.92 Å². The molecule has 43 heteroatoms. The van der Waals surface area contributed by atoms with Crippen molar-refractivity contribution >= 4 is 134 Å². The monoisotopic (exact) mass is 1880 g/mol. The molecule has 15 atom stereocenters. The summed E-state index contributed by atoms with van der Waals surface area (Å²) in [7, 11) is 5.73. The SMILES string of the molecule is CCCC[C@H]1C(=O)N(C)[C@@H](CCCC)C(=O)N[C@@H](CCCN)C(=O)N[C@H](C(=O)NCC(N)=O)CSCC(=O)N[C@@H](Cc2ccc(O)cc2)C(=O)N(C)[C@@H](C)C(=O)N[C@H](CC(N)=O)C(=O)N2CCC[C@H]2C(=O)N[C@@H](Cc2cnc[nH]2)C(=O)N[C@@H](CC(C)C)C(=O)N2C[C@H](O)C[C@H]2C(=O)N[C@@H](Cc2c[nH]c3ccccc23)C(=O)N[C@@H](CO)C(=O)N[C@H](Cc2cn(C)c3ccccc23)C(=O)N1C. The quantitative estimate of drug-likeness (QED) is 0.0283. The Morgan fingerprint density at radius 3 is 1.79 bits per heavy atom. The first-order valence-electron chi connectivity index (χ1n) is 45.2. The van der Waals surface area contributed by atoms with Crippen LogP contribution in [0.1, 0.15) is 140 Å². The van der Waals surface area contributed by atoms with Crippen molar-refractivity contribution in [2.45, 2.75) is 234 Å². The first-order chi connectivity index (χ1) is 63.8. The number of carbonyl (C=O) groups is 17. The number of amides is 17. The second-order valence-electron chi connectivity index (χ2n) is 34.8. The number of likely N-dealkylation sites (N-methyl/N-ethyl adjacent to an activating group) is 3. The molecule has 0 unspecified atom stereocenters. The van der Waals surface area contributed by atoms with Gasteiger partial charge in [-0.05, 0) is 105 Å². The molecule has 6 heterocycles. The number of fused-ring (bicyclic) bond motifs is 4. The minimum atomic E-state index is -1.88. The summed E-state index contributed by atoms with van der Waals surface area (Å²) < 4.78 is 1.81. The summed E-state index contributed by atoms with van der Waals surface area (Å²) >= 11 is 0.782. The number of thioether (sulfide) groups is 1. The van der Waals surface area contributed by atoms with Crippen LogP contribution < -0.4 is 70.4 Å². The lowest BCUT2D eigenvalue weighted by Gasteiger charge is -2.36. The van der Waals surface area contributed by atoms with Crippen molar-refractivity contribution < 1.29 is 96.8 Å². The standard InChI is InChI=1S/C91H128N22O20S/c1-10-12-24-71-84(126)100-61(23-18-32-92)80(122)107-69(79(121)97-43-76(94)118)47-134-48-77(119)99-65(35-52-28-30-56(115)31-29-52)87(129)109(7)51(5)78(120)103-67(40-75(93)117)89(131)112-33-19-27-72(112)85(127)102-63(38-55-42-95-49-98-55)82(124)104-64(34-50(3)4)90(132)113-45-57(116)39-74(113)86(128)101-62(36-53-41-96-60-22-16-14-20-58(53)60)81(123)106-68(46-114)83(125)105-66(37-54-44-108(6)70-26-17-15-21-59(54)70)88(130)111(9)73(25-13-11-2)91(133)110(71)8/h14-17,20-22,26,28-31,41-42,44,49-51,57,61-69,71-74,96,114-116H,10-13,18-19,23-25,27,32-40,43,45-48,92H2,1-9H3,(H2,93,117)(H2,94,118)(H,95,98)(H,97,121)(H,99,119)(H,100,126)(H,101,128)(H,102,127)(H,103,120)(H,104,124)(H,105,125)(H,106,123)(H,107,122)/t51-,57+,61-,62-,63-,64-,65-,66+,67+,68-,69-,71-,72-,73-,74-/m0/s1. The Bertz CT molecular complexity index is 5160. The number of aliphatic hydroxyl groups is 2. The molecular formula is C91H128N22O20S. The third kappa shape index (κ3) is 28.3. The van der Waals surface area contributed by atoms with Crippen LogP contribution in [-0.2, 0) is 114 Å². The number of unbranched alkanes of at least 4 members (excludes halogenated alkanes) is 2. The average molecular weight is 1880 g/mol. The van der Waals surface area contributed by atoms with Gasteiger partial charge in [0.05, 0.1) is 37.8 Å². The number of phenolic OH excluding ortho intramolecular Hbond substituents is 1. The van der Waals surface area contributed by atoms with Gasteiger partial charge in [-0.15, -0.1) is 11.8 Å². The molecule has 3 aliphatic rings. The molecule has 0 bridgehead atoms. The summed E-state index contributed by atoms with van der Waals surface area (Å²) in [6, 6.07) is -1.77. The van der Waals surface area contributed by atoms with E-state index in [1.165, 1.54) is 69.8 Å². The lowest BCUT2D eigenvalue weighted by Crippen LogP contribution is -2.62. The van der Waals surface area contributed by atoms with Crippen LogP contribution in [0.25, 0.3) is 21.8 Å². The van der Waals surface area contributed by atoms with Gasteiger partial charge in [0, 0.05) is 125 Å². The predicted molar refractivity (Wildman–Crippen MR) is 494 cm³/mol. The van der Waals surface area contributed by atoms with E-state index in [0.29, 0.717) is 64.4 Å². The minimum absolute atomic E-state index is 0.00302. The van der Waals surface area contributed by atoms with Crippen LogP contribution in [0.2, 0.25) is 0 Å². The van der Waals surface area contributed by atoms with Gasteiger partial charge in [-0.2, -0.15) is 0 Å². The Hall–Kier alpha value is -13.0. The van der Waals surface area contributed by atoms with Gasteiger partial charge in [0.1, 0.15) is 90.3 Å². The Balaban J connectivity index is 1.10. The van der Waals surface area contributed by atoms with E-state index in [1.54, 1.807) is 63.6 Å². The molecule has 0 spiro atoms. The molecular weight excluding hydrogens is 1750 g/mol. The maximum Gasteiger partial charge on any atom is 0.246 e. The van der Waals surface area contributed by atoms with E-state index >= 15 is 38.4 Å². The number of benzene rings is 3. The smallest absolute Gasteiger partial charge is 0.246 e.